The molecule has 2 aromatic rings. The van der Waals surface area contributed by atoms with Crippen molar-refractivity contribution in [3.05, 3.63) is 24.3 Å². The maximum Gasteiger partial charge on any atom is 0.246 e. The van der Waals surface area contributed by atoms with Crippen LogP contribution in [0.2, 0.25) is 0 Å². The molecule has 2 atom stereocenters. The molecule has 3 amide bonds. The lowest BCUT2D eigenvalue weighted by Gasteiger charge is -2.19. The molecular weight excluding hydrogens is 344 g/mol. The van der Waals surface area contributed by atoms with Crippen molar-refractivity contribution in [1.29, 1.82) is 0 Å². The highest BCUT2D eigenvalue weighted by Crippen LogP contribution is 2.37. The summed E-state index contributed by atoms with van der Waals surface area (Å²) in [6, 6.07) is 7.70. The SMILES string of the molecule is CCCn1c(NC(=O)CN2C(=O)[C@H]3CCCC[C@H]3C2=O)nc2ccccc21. The molecule has 1 saturated heterocycles. The van der Waals surface area contributed by atoms with Gasteiger partial charge in [-0.1, -0.05) is 31.9 Å². The standard InChI is InChI=1S/C20H24N4O3/c1-2-11-23-16-10-6-5-9-15(16)21-20(23)22-17(25)12-24-18(26)13-7-3-4-8-14(13)19(24)27/h5-6,9-10,13-14H,2-4,7-8,11-12H2,1H3,(H,21,22,25)/t13-,14+. The number of fused-ring (bicyclic) bond motifs is 2. The van der Waals surface area contributed by atoms with Gasteiger partial charge in [0.25, 0.3) is 0 Å². The van der Waals surface area contributed by atoms with Gasteiger partial charge in [-0.25, -0.2) is 4.98 Å². The maximum absolute atomic E-state index is 12.6. The van der Waals surface area contributed by atoms with Gasteiger partial charge in [-0.05, 0) is 31.4 Å². The van der Waals surface area contributed by atoms with Gasteiger partial charge in [0.2, 0.25) is 23.7 Å². The number of amides is 3. The third-order valence-electron chi connectivity index (χ3n) is 5.59. The van der Waals surface area contributed by atoms with Crippen molar-refractivity contribution in [2.75, 3.05) is 11.9 Å². The summed E-state index contributed by atoms with van der Waals surface area (Å²) < 4.78 is 1.96. The number of aromatic nitrogens is 2. The fraction of sp³-hybridized carbons (Fsp3) is 0.500. The van der Waals surface area contributed by atoms with Crippen LogP contribution in [0.25, 0.3) is 11.0 Å². The highest BCUT2D eigenvalue weighted by atomic mass is 16.2. The van der Waals surface area contributed by atoms with E-state index in [0.717, 1.165) is 54.6 Å². The van der Waals surface area contributed by atoms with Crippen LogP contribution in [0.15, 0.2) is 24.3 Å². The van der Waals surface area contributed by atoms with Crippen LogP contribution in [0.1, 0.15) is 39.0 Å². The Morgan fingerprint density at radius 2 is 1.81 bits per heavy atom. The Morgan fingerprint density at radius 1 is 1.15 bits per heavy atom. The van der Waals surface area contributed by atoms with Gasteiger partial charge >= 0.3 is 0 Å². The van der Waals surface area contributed by atoms with E-state index in [4.69, 9.17) is 0 Å². The lowest BCUT2D eigenvalue weighted by Crippen LogP contribution is -2.38. The number of carbonyl (C=O) groups excluding carboxylic acids is 3. The van der Waals surface area contributed by atoms with Gasteiger partial charge < -0.3 is 4.57 Å². The average Bonchev–Trinajstić information content (AvgIpc) is 3.13. The van der Waals surface area contributed by atoms with Gasteiger partial charge in [0.1, 0.15) is 6.54 Å². The zero-order chi connectivity index (χ0) is 19.0. The summed E-state index contributed by atoms with van der Waals surface area (Å²) in [5, 5.41) is 2.80. The Balaban J connectivity index is 1.51. The second-order valence-electron chi connectivity index (χ2n) is 7.38. The Morgan fingerprint density at radius 3 is 2.48 bits per heavy atom. The number of nitrogens with zero attached hydrogens (tertiary/aromatic N) is 3. The average molecular weight is 368 g/mol. The van der Waals surface area contributed by atoms with E-state index in [1.807, 2.05) is 28.8 Å². The van der Waals surface area contributed by atoms with Crippen LogP contribution >= 0.6 is 0 Å². The lowest BCUT2D eigenvalue weighted by atomic mass is 9.81. The van der Waals surface area contributed by atoms with Gasteiger partial charge in [-0.2, -0.15) is 0 Å². The topological polar surface area (TPSA) is 84.3 Å². The van der Waals surface area contributed by atoms with Gasteiger partial charge in [0.05, 0.1) is 22.9 Å². The molecule has 7 heteroatoms. The predicted molar refractivity (Wildman–Crippen MR) is 101 cm³/mol. The second-order valence-corrected chi connectivity index (χ2v) is 7.38. The van der Waals surface area contributed by atoms with Gasteiger partial charge in [0.15, 0.2) is 0 Å². The van der Waals surface area contributed by atoms with Crippen molar-refractivity contribution in [3.63, 3.8) is 0 Å². The predicted octanol–water partition coefficient (Wildman–Crippen LogP) is 2.56. The molecule has 0 bridgehead atoms. The number of nitrogens with one attached hydrogen (secondary N) is 1. The molecule has 1 N–H and O–H groups in total. The number of imide groups is 1. The highest BCUT2D eigenvalue weighted by molar-refractivity contribution is 6.08. The second kappa shape index (κ2) is 7.13. The summed E-state index contributed by atoms with van der Waals surface area (Å²) in [4.78, 5) is 43.3. The van der Waals surface area contributed by atoms with Crippen molar-refractivity contribution in [3.8, 4) is 0 Å². The number of para-hydroxylation sites is 2. The number of hydrogen-bond acceptors (Lipinski definition) is 4. The van der Waals surface area contributed by atoms with Crippen molar-refractivity contribution in [2.24, 2.45) is 11.8 Å². The number of hydrogen-bond donors (Lipinski definition) is 1. The number of imidazole rings is 1. The van der Waals surface area contributed by atoms with Crippen LogP contribution in [0.3, 0.4) is 0 Å². The molecule has 0 unspecified atom stereocenters. The third kappa shape index (κ3) is 3.11. The zero-order valence-electron chi connectivity index (χ0n) is 15.5. The fourth-order valence-electron chi connectivity index (χ4n) is 4.32. The zero-order valence-corrected chi connectivity index (χ0v) is 15.5. The summed E-state index contributed by atoms with van der Waals surface area (Å²) in [6.45, 7) is 2.55. The number of benzene rings is 1. The van der Waals surface area contributed by atoms with Crippen LogP contribution < -0.4 is 5.32 Å². The van der Waals surface area contributed by atoms with Crippen molar-refractivity contribution in [1.82, 2.24) is 14.5 Å². The molecule has 1 aromatic heterocycles. The normalized spacial score (nSPS) is 22.3. The molecule has 4 rings (SSSR count). The van der Waals surface area contributed by atoms with E-state index in [0.29, 0.717) is 5.95 Å². The smallest absolute Gasteiger partial charge is 0.246 e. The first-order valence-corrected chi connectivity index (χ1v) is 9.70. The largest absolute Gasteiger partial charge is 0.310 e. The summed E-state index contributed by atoms with van der Waals surface area (Å²) in [6.07, 6.45) is 4.34. The van der Waals surface area contributed by atoms with Crippen molar-refractivity contribution in [2.45, 2.75) is 45.6 Å². The summed E-state index contributed by atoms with van der Waals surface area (Å²) >= 11 is 0. The molecule has 0 radical (unpaired) electrons. The molecule has 1 aliphatic heterocycles. The number of anilines is 1. The molecule has 2 aliphatic rings. The van der Waals surface area contributed by atoms with Crippen LogP contribution in [0.4, 0.5) is 5.95 Å². The van der Waals surface area contributed by atoms with Gasteiger partial charge in [-0.15, -0.1) is 0 Å². The van der Waals surface area contributed by atoms with E-state index in [1.165, 1.54) is 0 Å². The Bertz CT molecular complexity index is 880. The molecule has 27 heavy (non-hydrogen) atoms. The summed E-state index contributed by atoms with van der Waals surface area (Å²) in [5.41, 5.74) is 1.76. The van der Waals surface area contributed by atoms with Crippen molar-refractivity contribution >= 4 is 34.7 Å². The van der Waals surface area contributed by atoms with Gasteiger partial charge in [-0.3, -0.25) is 24.6 Å². The minimum absolute atomic E-state index is 0.193. The number of aryl methyl sites for hydroxylation is 1. The Hall–Kier alpha value is -2.70. The molecule has 1 aromatic carbocycles. The molecule has 1 aliphatic carbocycles. The van der Waals surface area contributed by atoms with E-state index in [2.05, 4.69) is 17.2 Å². The first-order valence-electron chi connectivity index (χ1n) is 9.70. The van der Waals surface area contributed by atoms with E-state index in [1.54, 1.807) is 0 Å². The fourth-order valence-corrected chi connectivity index (χ4v) is 4.32. The van der Waals surface area contributed by atoms with Crippen LogP contribution in [0, 0.1) is 11.8 Å². The van der Waals surface area contributed by atoms with Crippen LogP contribution in [0.5, 0.6) is 0 Å². The van der Waals surface area contributed by atoms with Crippen LogP contribution in [-0.2, 0) is 20.9 Å². The van der Waals surface area contributed by atoms with Crippen LogP contribution in [-0.4, -0.2) is 38.7 Å². The quantitative estimate of drug-likeness (QED) is 0.822. The molecule has 0 spiro atoms. The third-order valence-corrected chi connectivity index (χ3v) is 5.59. The number of rotatable bonds is 5. The van der Waals surface area contributed by atoms with E-state index in [-0.39, 0.29) is 36.1 Å². The highest BCUT2D eigenvalue weighted by Gasteiger charge is 2.48. The monoisotopic (exact) mass is 368 g/mol. The number of likely N-dealkylation sites (tertiary alicyclic amines) is 1. The minimum atomic E-state index is -0.386. The van der Waals surface area contributed by atoms with E-state index >= 15 is 0 Å². The Labute approximate surface area is 157 Å². The number of carbonyl (C=O) groups is 3. The molecule has 2 heterocycles. The van der Waals surface area contributed by atoms with E-state index < -0.39 is 0 Å². The van der Waals surface area contributed by atoms with Crippen molar-refractivity contribution < 1.29 is 14.4 Å². The lowest BCUT2D eigenvalue weighted by molar-refractivity contribution is -0.142. The molecular formula is C20H24N4O3. The minimum Gasteiger partial charge on any atom is -0.310 e. The van der Waals surface area contributed by atoms with Gasteiger partial charge in [0, 0.05) is 6.54 Å². The molecule has 7 nitrogen and oxygen atoms in total. The summed E-state index contributed by atoms with van der Waals surface area (Å²) in [7, 11) is 0. The molecule has 1 saturated carbocycles. The summed E-state index contributed by atoms with van der Waals surface area (Å²) in [5.74, 6) is -0.779. The first kappa shape index (κ1) is 17.7. The maximum atomic E-state index is 12.6. The molecule has 2 fully saturated rings. The first-order chi connectivity index (χ1) is 13.1. The Kier molecular flexibility index (Phi) is 4.68. The molecule has 142 valence electrons. The van der Waals surface area contributed by atoms with E-state index in [9.17, 15) is 14.4 Å².